The van der Waals surface area contributed by atoms with Gasteiger partial charge in [-0.15, -0.1) is 0 Å². The number of aldehydes is 1. The molecule has 0 radical (unpaired) electrons. The molecule has 13 heavy (non-hydrogen) atoms. The third kappa shape index (κ3) is 2.62. The van der Waals surface area contributed by atoms with Crippen LogP contribution >= 0.6 is 11.6 Å². The zero-order valence-corrected chi connectivity index (χ0v) is 6.96. The van der Waals surface area contributed by atoms with Crippen LogP contribution in [-0.2, 0) is 0 Å². The topological polar surface area (TPSA) is 39.2 Å². The third-order valence-electron chi connectivity index (χ3n) is 1.19. The Kier molecular flexibility index (Phi) is 3.13. The van der Waals surface area contributed by atoms with Gasteiger partial charge in [-0.3, -0.25) is 4.79 Å². The fraction of sp³-hybridized carbons (Fsp3) is 0.143. The van der Waals surface area contributed by atoms with Gasteiger partial charge in [-0.1, -0.05) is 11.6 Å². The van der Waals surface area contributed by atoms with Crippen LogP contribution in [0.25, 0.3) is 0 Å². The monoisotopic (exact) mass is 207 g/mol. The van der Waals surface area contributed by atoms with Gasteiger partial charge in [0, 0.05) is 6.07 Å². The molecular weight excluding hydrogens is 204 g/mol. The van der Waals surface area contributed by atoms with Crippen LogP contribution < -0.4 is 4.74 Å². The van der Waals surface area contributed by atoms with Gasteiger partial charge in [0.15, 0.2) is 6.29 Å². The Morgan fingerprint density at radius 3 is 2.69 bits per heavy atom. The molecule has 0 N–H and O–H groups in total. The highest BCUT2D eigenvalue weighted by molar-refractivity contribution is 6.31. The van der Waals surface area contributed by atoms with Gasteiger partial charge in [-0.25, -0.2) is 4.98 Å². The number of aromatic nitrogens is 1. The molecule has 0 saturated heterocycles. The highest BCUT2D eigenvalue weighted by Gasteiger charge is 2.07. The number of pyridine rings is 1. The van der Waals surface area contributed by atoms with Crippen LogP contribution in [0.1, 0.15) is 10.4 Å². The molecule has 1 aromatic heterocycles. The molecule has 0 saturated carbocycles. The van der Waals surface area contributed by atoms with Crippen molar-refractivity contribution in [1.82, 2.24) is 4.98 Å². The van der Waals surface area contributed by atoms with Crippen molar-refractivity contribution in [3.63, 3.8) is 0 Å². The lowest BCUT2D eigenvalue weighted by Gasteiger charge is -2.03. The van der Waals surface area contributed by atoms with Gasteiger partial charge in [0.2, 0.25) is 5.88 Å². The second-order valence-corrected chi connectivity index (χ2v) is 2.38. The van der Waals surface area contributed by atoms with Crippen molar-refractivity contribution in [2.75, 3.05) is 0 Å². The summed E-state index contributed by atoms with van der Waals surface area (Å²) in [5, 5.41) is -0.159. The molecule has 6 heteroatoms. The fourth-order valence-corrected chi connectivity index (χ4v) is 0.864. The summed E-state index contributed by atoms with van der Waals surface area (Å²) in [7, 11) is 0. The number of hydrogen-bond donors (Lipinski definition) is 0. The summed E-state index contributed by atoms with van der Waals surface area (Å²) in [6.07, 6.45) is 0.474. The van der Waals surface area contributed by atoms with Gasteiger partial charge in [-0.05, 0) is 6.07 Å². The average molecular weight is 208 g/mol. The summed E-state index contributed by atoms with van der Waals surface area (Å²) in [6.45, 7) is -2.95. The van der Waals surface area contributed by atoms with Gasteiger partial charge in [0.25, 0.3) is 0 Å². The van der Waals surface area contributed by atoms with E-state index in [1.165, 1.54) is 6.07 Å². The highest BCUT2D eigenvalue weighted by Crippen LogP contribution is 2.17. The first-order valence-electron chi connectivity index (χ1n) is 3.20. The van der Waals surface area contributed by atoms with E-state index in [1.807, 2.05) is 0 Å². The largest absolute Gasteiger partial charge is 0.417 e. The number of alkyl halides is 2. The summed E-state index contributed by atoms with van der Waals surface area (Å²) < 4.78 is 27.3. The maximum atomic E-state index is 11.7. The Morgan fingerprint density at radius 1 is 1.54 bits per heavy atom. The van der Waals surface area contributed by atoms with Crippen LogP contribution in [0.15, 0.2) is 12.1 Å². The summed E-state index contributed by atoms with van der Waals surface area (Å²) in [4.78, 5) is 13.7. The summed E-state index contributed by atoms with van der Waals surface area (Å²) in [6, 6.07) is 2.39. The van der Waals surface area contributed by atoms with E-state index in [0.717, 1.165) is 6.07 Å². The van der Waals surface area contributed by atoms with E-state index in [0.29, 0.717) is 6.29 Å². The molecule has 0 spiro atoms. The second-order valence-electron chi connectivity index (χ2n) is 2.03. The number of rotatable bonds is 3. The predicted molar refractivity (Wildman–Crippen MR) is 41.3 cm³/mol. The fourth-order valence-electron chi connectivity index (χ4n) is 0.673. The van der Waals surface area contributed by atoms with Crippen molar-refractivity contribution in [2.45, 2.75) is 6.61 Å². The van der Waals surface area contributed by atoms with E-state index < -0.39 is 6.61 Å². The quantitative estimate of drug-likeness (QED) is 0.563. The number of nitrogens with zero attached hydrogens (tertiary/aromatic N) is 1. The van der Waals surface area contributed by atoms with E-state index >= 15 is 0 Å². The Bertz CT molecular complexity index is 319. The Hall–Kier alpha value is -1.23. The molecule has 0 bridgehead atoms. The second kappa shape index (κ2) is 4.13. The molecule has 0 fully saturated rings. The molecule has 0 aromatic carbocycles. The lowest BCUT2D eigenvalue weighted by molar-refractivity contribution is -0.0528. The molecule has 1 aromatic rings. The molecular formula is C7H4ClF2NO2. The van der Waals surface area contributed by atoms with E-state index in [1.54, 1.807) is 0 Å². The van der Waals surface area contributed by atoms with E-state index in [9.17, 15) is 13.6 Å². The normalized spacial score (nSPS) is 10.2. The maximum Gasteiger partial charge on any atom is 0.388 e. The van der Waals surface area contributed by atoms with Gasteiger partial charge >= 0.3 is 6.61 Å². The van der Waals surface area contributed by atoms with Crippen LogP contribution in [0.3, 0.4) is 0 Å². The van der Waals surface area contributed by atoms with Gasteiger partial charge in [0.1, 0.15) is 5.15 Å². The van der Waals surface area contributed by atoms with Crippen molar-refractivity contribution < 1.29 is 18.3 Å². The number of carbonyl (C=O) groups excluding carboxylic acids is 1. The van der Waals surface area contributed by atoms with Gasteiger partial charge in [-0.2, -0.15) is 8.78 Å². The Balaban J connectivity index is 2.89. The number of ether oxygens (including phenoxy) is 1. The number of halogens is 3. The van der Waals surface area contributed by atoms with Crippen molar-refractivity contribution >= 4 is 17.9 Å². The smallest absolute Gasteiger partial charge is 0.388 e. The van der Waals surface area contributed by atoms with E-state index in [4.69, 9.17) is 11.6 Å². The molecule has 0 unspecified atom stereocenters. The van der Waals surface area contributed by atoms with Crippen LogP contribution in [-0.4, -0.2) is 17.9 Å². The molecule has 70 valence electrons. The predicted octanol–water partition coefficient (Wildman–Crippen LogP) is 2.15. The zero-order chi connectivity index (χ0) is 9.84. The van der Waals surface area contributed by atoms with E-state index in [-0.39, 0.29) is 16.6 Å². The molecule has 1 rings (SSSR count). The summed E-state index contributed by atoms with van der Waals surface area (Å²) in [5.74, 6) is -0.314. The Labute approximate surface area is 77.3 Å². The van der Waals surface area contributed by atoms with Crippen molar-refractivity contribution in [3.05, 3.63) is 22.8 Å². The van der Waals surface area contributed by atoms with Crippen LogP contribution in [0.4, 0.5) is 8.78 Å². The highest BCUT2D eigenvalue weighted by atomic mass is 35.5. The minimum Gasteiger partial charge on any atom is -0.417 e. The van der Waals surface area contributed by atoms with Crippen LogP contribution in [0.5, 0.6) is 5.88 Å². The maximum absolute atomic E-state index is 11.7. The molecule has 1 heterocycles. The summed E-state index contributed by atoms with van der Waals surface area (Å²) in [5.41, 5.74) is 0.128. The molecule has 3 nitrogen and oxygen atoms in total. The van der Waals surface area contributed by atoms with E-state index in [2.05, 4.69) is 9.72 Å². The summed E-state index contributed by atoms with van der Waals surface area (Å²) >= 11 is 5.45. The number of hydrogen-bond acceptors (Lipinski definition) is 3. The third-order valence-corrected chi connectivity index (χ3v) is 1.49. The van der Waals surface area contributed by atoms with Crippen LogP contribution in [0.2, 0.25) is 5.15 Å². The lowest BCUT2D eigenvalue weighted by atomic mass is 10.3. The molecule has 0 aliphatic carbocycles. The van der Waals surface area contributed by atoms with Gasteiger partial charge in [0.05, 0.1) is 5.56 Å². The van der Waals surface area contributed by atoms with Crippen molar-refractivity contribution in [1.29, 1.82) is 0 Å². The standard InChI is InChI=1S/C7H4ClF2NO2/c8-6-4(3-12)1-2-5(11-6)13-7(9)10/h1-3,7H. The Morgan fingerprint density at radius 2 is 2.23 bits per heavy atom. The first kappa shape index (κ1) is 9.85. The zero-order valence-electron chi connectivity index (χ0n) is 6.21. The first-order chi connectivity index (χ1) is 6.13. The first-order valence-corrected chi connectivity index (χ1v) is 3.58. The lowest BCUT2D eigenvalue weighted by Crippen LogP contribution is -2.03. The molecule has 0 aliphatic rings. The average Bonchev–Trinajstić information content (AvgIpc) is 2.03. The minimum absolute atomic E-state index is 0.128. The van der Waals surface area contributed by atoms with Gasteiger partial charge < -0.3 is 4.74 Å². The molecule has 0 amide bonds. The van der Waals surface area contributed by atoms with Crippen molar-refractivity contribution in [3.8, 4) is 5.88 Å². The molecule has 0 atom stereocenters. The number of carbonyl (C=O) groups is 1. The van der Waals surface area contributed by atoms with Crippen molar-refractivity contribution in [2.24, 2.45) is 0 Å². The minimum atomic E-state index is -2.95. The van der Waals surface area contributed by atoms with Crippen LogP contribution in [0, 0.1) is 0 Å². The SMILES string of the molecule is O=Cc1ccc(OC(F)F)nc1Cl. The molecule has 0 aliphatic heterocycles.